The van der Waals surface area contributed by atoms with Crippen LogP contribution >= 0.6 is 11.8 Å². The van der Waals surface area contributed by atoms with E-state index in [2.05, 4.69) is 13.8 Å². The van der Waals surface area contributed by atoms with Gasteiger partial charge in [0, 0.05) is 23.8 Å². The maximum absolute atomic E-state index is 12.1. The third kappa shape index (κ3) is 4.68. The number of nitrogens with one attached hydrogen (secondary N) is 1. The summed E-state index contributed by atoms with van der Waals surface area (Å²) >= 11 is 1.89. The lowest BCUT2D eigenvalue weighted by Gasteiger charge is -2.25. The SMILES string of the molecule is CCCC(=N)C1=C(O)CC(CC(C)SCC)CC1=O. The molecule has 4 heteroatoms. The molecule has 0 heterocycles. The Morgan fingerprint density at radius 2 is 2.16 bits per heavy atom. The van der Waals surface area contributed by atoms with Crippen LogP contribution in [0.3, 0.4) is 0 Å². The van der Waals surface area contributed by atoms with Gasteiger partial charge in [0.2, 0.25) is 0 Å². The summed E-state index contributed by atoms with van der Waals surface area (Å²) in [4.78, 5) is 12.1. The lowest BCUT2D eigenvalue weighted by molar-refractivity contribution is -0.116. The molecule has 0 aromatic rings. The first-order chi connectivity index (χ1) is 8.99. The number of allylic oxidation sites excluding steroid dienone is 2. The summed E-state index contributed by atoms with van der Waals surface area (Å²) in [5.74, 6) is 1.42. The van der Waals surface area contributed by atoms with Gasteiger partial charge in [0.25, 0.3) is 0 Å². The molecule has 1 rings (SSSR count). The summed E-state index contributed by atoms with van der Waals surface area (Å²) in [5, 5.41) is 18.5. The molecule has 108 valence electrons. The van der Waals surface area contributed by atoms with Gasteiger partial charge in [-0.25, -0.2) is 0 Å². The molecule has 0 fully saturated rings. The first-order valence-electron chi connectivity index (χ1n) is 7.14. The summed E-state index contributed by atoms with van der Waals surface area (Å²) in [6.45, 7) is 6.29. The largest absolute Gasteiger partial charge is 0.511 e. The Kier molecular flexibility index (Phi) is 6.63. The van der Waals surface area contributed by atoms with Gasteiger partial charge in [0.05, 0.1) is 5.57 Å². The number of rotatable bonds is 7. The lowest BCUT2D eigenvalue weighted by atomic mass is 9.82. The van der Waals surface area contributed by atoms with Gasteiger partial charge in [-0.15, -0.1) is 0 Å². The fraction of sp³-hybridized carbons (Fsp3) is 0.733. The average Bonchev–Trinajstić information content (AvgIpc) is 2.28. The molecule has 0 bridgehead atoms. The van der Waals surface area contributed by atoms with Gasteiger partial charge in [0.1, 0.15) is 5.76 Å². The molecule has 2 unspecified atom stereocenters. The van der Waals surface area contributed by atoms with Crippen molar-refractivity contribution in [3.63, 3.8) is 0 Å². The van der Waals surface area contributed by atoms with Crippen LogP contribution < -0.4 is 0 Å². The van der Waals surface area contributed by atoms with Gasteiger partial charge in [-0.3, -0.25) is 4.79 Å². The minimum atomic E-state index is -0.0408. The number of carbonyl (C=O) groups is 1. The molecule has 0 aromatic heterocycles. The molecule has 0 aliphatic heterocycles. The number of thioether (sulfide) groups is 1. The van der Waals surface area contributed by atoms with Crippen LogP contribution in [0.1, 0.15) is 52.9 Å². The van der Waals surface area contributed by atoms with E-state index in [1.807, 2.05) is 18.7 Å². The highest BCUT2D eigenvalue weighted by Crippen LogP contribution is 2.32. The number of hydrogen-bond donors (Lipinski definition) is 2. The molecule has 2 N–H and O–H groups in total. The topological polar surface area (TPSA) is 61.1 Å². The van der Waals surface area contributed by atoms with E-state index in [1.165, 1.54) is 0 Å². The number of hydrogen-bond acceptors (Lipinski definition) is 4. The predicted molar refractivity (Wildman–Crippen MR) is 82.2 cm³/mol. The zero-order chi connectivity index (χ0) is 14.4. The molecule has 1 aliphatic rings. The van der Waals surface area contributed by atoms with E-state index in [4.69, 9.17) is 5.41 Å². The minimum absolute atomic E-state index is 0.0408. The van der Waals surface area contributed by atoms with E-state index in [0.717, 1.165) is 18.6 Å². The van der Waals surface area contributed by atoms with Crippen LogP contribution in [0.2, 0.25) is 0 Å². The van der Waals surface area contributed by atoms with E-state index < -0.39 is 0 Å². The van der Waals surface area contributed by atoms with Gasteiger partial charge in [-0.2, -0.15) is 11.8 Å². The first-order valence-corrected chi connectivity index (χ1v) is 8.19. The zero-order valence-corrected chi connectivity index (χ0v) is 13.0. The second kappa shape index (κ2) is 7.73. The van der Waals surface area contributed by atoms with Crippen molar-refractivity contribution in [2.24, 2.45) is 5.92 Å². The van der Waals surface area contributed by atoms with Crippen LogP contribution in [0.15, 0.2) is 11.3 Å². The molecule has 0 amide bonds. The molecule has 1 aliphatic carbocycles. The van der Waals surface area contributed by atoms with Crippen molar-refractivity contribution in [1.29, 1.82) is 5.41 Å². The van der Waals surface area contributed by atoms with Gasteiger partial charge in [-0.1, -0.05) is 27.2 Å². The molecule has 2 atom stereocenters. The third-order valence-electron chi connectivity index (χ3n) is 3.44. The molecule has 0 aromatic carbocycles. The normalized spacial score (nSPS) is 21.6. The Bertz CT molecular complexity index is 376. The Balaban J connectivity index is 2.69. The quantitative estimate of drug-likeness (QED) is 0.691. The molecule has 19 heavy (non-hydrogen) atoms. The summed E-state index contributed by atoms with van der Waals surface area (Å²) < 4.78 is 0. The van der Waals surface area contributed by atoms with Gasteiger partial charge < -0.3 is 10.5 Å². The third-order valence-corrected chi connectivity index (χ3v) is 4.54. The van der Waals surface area contributed by atoms with Gasteiger partial charge in [-0.05, 0) is 24.5 Å². The van der Waals surface area contributed by atoms with Crippen LogP contribution in [0.25, 0.3) is 0 Å². The summed E-state index contributed by atoms with van der Waals surface area (Å²) in [5.41, 5.74) is 0.605. The van der Waals surface area contributed by atoms with Crippen LogP contribution in [0.5, 0.6) is 0 Å². The van der Waals surface area contributed by atoms with E-state index in [1.54, 1.807) is 0 Å². The van der Waals surface area contributed by atoms with Crippen LogP contribution in [-0.2, 0) is 4.79 Å². The smallest absolute Gasteiger partial charge is 0.168 e. The fourth-order valence-corrected chi connectivity index (χ4v) is 3.66. The number of aliphatic hydroxyl groups is 1. The maximum Gasteiger partial charge on any atom is 0.168 e. The summed E-state index contributed by atoms with van der Waals surface area (Å²) in [6, 6.07) is 0. The summed E-state index contributed by atoms with van der Waals surface area (Å²) in [6.07, 6.45) is 3.40. The predicted octanol–water partition coefficient (Wildman–Crippen LogP) is 4.13. The van der Waals surface area contributed by atoms with Crippen molar-refractivity contribution in [2.75, 3.05) is 5.75 Å². The first kappa shape index (κ1) is 16.3. The van der Waals surface area contributed by atoms with Crippen LogP contribution in [-0.4, -0.2) is 27.6 Å². The molecule has 0 radical (unpaired) electrons. The highest BCUT2D eigenvalue weighted by atomic mass is 32.2. The Morgan fingerprint density at radius 1 is 1.47 bits per heavy atom. The fourth-order valence-electron chi connectivity index (χ4n) is 2.68. The molecular weight excluding hydrogens is 258 g/mol. The van der Waals surface area contributed by atoms with Crippen LogP contribution in [0, 0.1) is 11.3 Å². The lowest BCUT2D eigenvalue weighted by Crippen LogP contribution is -2.25. The van der Waals surface area contributed by atoms with Gasteiger partial charge in [0.15, 0.2) is 5.78 Å². The zero-order valence-electron chi connectivity index (χ0n) is 12.2. The van der Waals surface area contributed by atoms with Crippen molar-refractivity contribution in [1.82, 2.24) is 0 Å². The highest BCUT2D eigenvalue weighted by molar-refractivity contribution is 7.99. The standard InChI is InChI=1S/C15H25NO2S/c1-4-6-12(16)15-13(17)8-11(9-14(15)18)7-10(3)19-5-2/h10-11,16-17H,4-9H2,1-3H3. The molecule has 3 nitrogen and oxygen atoms in total. The van der Waals surface area contributed by atoms with E-state index in [0.29, 0.717) is 35.8 Å². The molecular formula is C15H25NO2S. The maximum atomic E-state index is 12.1. The Morgan fingerprint density at radius 3 is 2.68 bits per heavy atom. The Labute approximate surface area is 120 Å². The van der Waals surface area contributed by atoms with Crippen molar-refractivity contribution in [3.05, 3.63) is 11.3 Å². The van der Waals surface area contributed by atoms with E-state index in [-0.39, 0.29) is 17.5 Å². The molecule has 0 saturated heterocycles. The molecule has 0 saturated carbocycles. The second-order valence-corrected chi connectivity index (χ2v) is 6.96. The van der Waals surface area contributed by atoms with Crippen molar-refractivity contribution in [2.45, 2.75) is 58.1 Å². The van der Waals surface area contributed by atoms with E-state index in [9.17, 15) is 9.90 Å². The number of carbonyl (C=O) groups excluding carboxylic acids is 1. The minimum Gasteiger partial charge on any atom is -0.511 e. The van der Waals surface area contributed by atoms with Crippen molar-refractivity contribution < 1.29 is 9.90 Å². The number of Topliss-reactive ketones (excluding diaryl/α,β-unsaturated/α-hetero) is 1. The number of ketones is 1. The summed E-state index contributed by atoms with van der Waals surface area (Å²) in [7, 11) is 0. The number of aliphatic hydroxyl groups excluding tert-OH is 1. The van der Waals surface area contributed by atoms with E-state index >= 15 is 0 Å². The van der Waals surface area contributed by atoms with Gasteiger partial charge >= 0.3 is 0 Å². The molecule has 0 spiro atoms. The van der Waals surface area contributed by atoms with Crippen LogP contribution in [0.4, 0.5) is 0 Å². The second-order valence-electron chi connectivity index (χ2n) is 5.25. The average molecular weight is 283 g/mol. The monoisotopic (exact) mass is 283 g/mol. The Hall–Kier alpha value is -0.770. The van der Waals surface area contributed by atoms with Crippen molar-refractivity contribution in [3.8, 4) is 0 Å². The van der Waals surface area contributed by atoms with Crippen molar-refractivity contribution >= 4 is 23.3 Å². The highest BCUT2D eigenvalue weighted by Gasteiger charge is 2.30.